The first-order valence-corrected chi connectivity index (χ1v) is 8.51. The van der Waals surface area contributed by atoms with E-state index >= 15 is 0 Å². The predicted octanol–water partition coefficient (Wildman–Crippen LogP) is 0.819. The quantitative estimate of drug-likeness (QED) is 0.212. The third-order valence-electron chi connectivity index (χ3n) is 4.24. The molecule has 0 fully saturated rings. The molecule has 0 saturated carbocycles. The first-order chi connectivity index (χ1) is 13.9. The van der Waals surface area contributed by atoms with Crippen molar-refractivity contribution in [1.82, 2.24) is 0 Å². The molecular formula is C19H19NO10. The Balaban J connectivity index is 3.00. The molecule has 0 heterocycles. The molecule has 6 N–H and O–H groups in total. The maximum atomic E-state index is 12.5. The van der Waals surface area contributed by atoms with Gasteiger partial charge in [0.1, 0.15) is 23.4 Å². The number of hydrogen-bond acceptors (Lipinski definition) is 9. The van der Waals surface area contributed by atoms with Crippen molar-refractivity contribution in [3.05, 3.63) is 17.2 Å². The lowest BCUT2D eigenvalue weighted by Crippen LogP contribution is -2.20. The fourth-order valence-corrected chi connectivity index (χ4v) is 2.74. The summed E-state index contributed by atoms with van der Waals surface area (Å²) < 4.78 is 5.14. The Morgan fingerprint density at radius 3 is 2.17 bits per heavy atom. The number of ketones is 2. The van der Waals surface area contributed by atoms with E-state index in [1.165, 1.54) is 6.92 Å². The normalized spacial score (nSPS) is 11.7. The second-order valence-electron chi connectivity index (χ2n) is 6.45. The third-order valence-corrected chi connectivity index (χ3v) is 4.24. The van der Waals surface area contributed by atoms with Crippen molar-refractivity contribution in [2.45, 2.75) is 26.9 Å². The third kappa shape index (κ3) is 3.96. The van der Waals surface area contributed by atoms with Crippen molar-refractivity contribution in [3.63, 3.8) is 0 Å². The number of ether oxygens (including phenoxy) is 1. The van der Waals surface area contributed by atoms with Crippen molar-refractivity contribution < 1.29 is 49.4 Å². The van der Waals surface area contributed by atoms with Crippen LogP contribution in [-0.2, 0) is 14.4 Å². The van der Waals surface area contributed by atoms with E-state index in [2.05, 4.69) is 5.32 Å². The Morgan fingerprint density at radius 1 is 1.07 bits per heavy atom. The Hall–Kier alpha value is -3.86. The van der Waals surface area contributed by atoms with Gasteiger partial charge in [-0.05, 0) is 13.8 Å². The smallest absolute Gasteiger partial charge is 0.341 e. The summed E-state index contributed by atoms with van der Waals surface area (Å²) in [5, 5.41) is 51.4. The van der Waals surface area contributed by atoms with Crippen molar-refractivity contribution in [2.75, 3.05) is 11.9 Å². The molecule has 0 aliphatic heterocycles. The molecule has 2 aromatic carbocycles. The first-order valence-electron chi connectivity index (χ1n) is 8.51. The number of Topliss-reactive ketones (excluding diaryl/α,β-unsaturated/α-hetero) is 2. The number of nitrogens with one attached hydrogen (secondary N) is 1. The number of carbonyl (C=O) groups is 4. The van der Waals surface area contributed by atoms with E-state index in [0.717, 1.165) is 19.9 Å². The molecule has 0 saturated heterocycles. The van der Waals surface area contributed by atoms with Gasteiger partial charge in [-0.2, -0.15) is 0 Å². The molecule has 30 heavy (non-hydrogen) atoms. The summed E-state index contributed by atoms with van der Waals surface area (Å²) in [7, 11) is 0. The van der Waals surface area contributed by atoms with Crippen LogP contribution in [0.3, 0.4) is 0 Å². The fraction of sp³-hybridized carbons (Fsp3) is 0.263. The van der Waals surface area contributed by atoms with Crippen molar-refractivity contribution in [2.24, 2.45) is 0 Å². The van der Waals surface area contributed by atoms with Gasteiger partial charge in [-0.15, -0.1) is 0 Å². The summed E-state index contributed by atoms with van der Waals surface area (Å²) in [6.07, 6.45) is -1.60. The van der Waals surface area contributed by atoms with Crippen LogP contribution in [0.25, 0.3) is 10.8 Å². The van der Waals surface area contributed by atoms with Gasteiger partial charge in [0, 0.05) is 23.9 Å². The van der Waals surface area contributed by atoms with Crippen LogP contribution >= 0.6 is 0 Å². The summed E-state index contributed by atoms with van der Waals surface area (Å²) in [6.45, 7) is 2.39. The average Bonchev–Trinajstić information content (AvgIpc) is 2.66. The van der Waals surface area contributed by atoms with Crippen LogP contribution in [0.5, 0.6) is 23.0 Å². The van der Waals surface area contributed by atoms with Gasteiger partial charge in [0.25, 0.3) is 5.91 Å². The summed E-state index contributed by atoms with van der Waals surface area (Å²) in [4.78, 5) is 46.5. The summed E-state index contributed by atoms with van der Waals surface area (Å²) in [5.74, 6) is -7.04. The van der Waals surface area contributed by atoms with Crippen LogP contribution in [0.1, 0.15) is 29.8 Å². The van der Waals surface area contributed by atoms with E-state index < -0.39 is 75.8 Å². The Bertz CT molecular complexity index is 1090. The topological polar surface area (TPSA) is 191 Å². The number of carbonyl (C=O) groups excluding carboxylic acids is 3. The maximum absolute atomic E-state index is 12.5. The molecule has 2 rings (SSSR count). The van der Waals surface area contributed by atoms with Crippen molar-refractivity contribution in [3.8, 4) is 23.0 Å². The SMILES string of the molecule is CC(=O)C(=O)Nc1cc(OCC(=O)O)c2c(C(=O)C(C)O)c(O)c(C)c(O)c2c1O. The van der Waals surface area contributed by atoms with Gasteiger partial charge >= 0.3 is 5.97 Å². The molecule has 0 radical (unpaired) electrons. The molecular weight excluding hydrogens is 402 g/mol. The van der Waals surface area contributed by atoms with Gasteiger partial charge in [-0.1, -0.05) is 0 Å². The van der Waals surface area contributed by atoms with E-state index in [0.29, 0.717) is 0 Å². The molecule has 1 amide bonds. The number of benzene rings is 2. The maximum Gasteiger partial charge on any atom is 0.341 e. The van der Waals surface area contributed by atoms with Crippen molar-refractivity contribution >= 4 is 39.9 Å². The van der Waals surface area contributed by atoms with Gasteiger partial charge in [-0.3, -0.25) is 14.4 Å². The molecule has 11 nitrogen and oxygen atoms in total. The van der Waals surface area contributed by atoms with E-state index in [4.69, 9.17) is 9.84 Å². The van der Waals surface area contributed by atoms with Gasteiger partial charge in [-0.25, -0.2) is 4.79 Å². The summed E-state index contributed by atoms with van der Waals surface area (Å²) in [5.41, 5.74) is -1.18. The van der Waals surface area contributed by atoms with E-state index in [1.807, 2.05) is 0 Å². The van der Waals surface area contributed by atoms with Crippen LogP contribution < -0.4 is 10.1 Å². The second-order valence-corrected chi connectivity index (χ2v) is 6.45. The van der Waals surface area contributed by atoms with Gasteiger partial charge in [0.15, 0.2) is 18.1 Å². The summed E-state index contributed by atoms with van der Waals surface area (Å²) >= 11 is 0. The monoisotopic (exact) mass is 421 g/mol. The molecule has 11 heteroatoms. The molecule has 0 aliphatic rings. The number of anilines is 1. The molecule has 0 spiro atoms. The minimum absolute atomic E-state index is 0.235. The summed E-state index contributed by atoms with van der Waals surface area (Å²) in [6, 6.07) is 0.925. The first kappa shape index (κ1) is 22.4. The number of aromatic hydroxyl groups is 3. The standard InChI is InChI=1S/C19H19NO10/c1-6-15(25)13(17(27)7(2)21)12-10(30-5-11(23)24)4-9(20-19(29)8(3)22)18(28)14(12)16(6)26/h4,7,21,25-26,28H,5H2,1-3H3,(H,20,29)(H,23,24). The Morgan fingerprint density at radius 2 is 1.67 bits per heavy atom. The van der Waals surface area contributed by atoms with Crippen LogP contribution in [0.15, 0.2) is 6.07 Å². The van der Waals surface area contributed by atoms with Crippen LogP contribution in [0.4, 0.5) is 5.69 Å². The number of carboxylic acids is 1. The highest BCUT2D eigenvalue weighted by Crippen LogP contribution is 2.50. The van der Waals surface area contributed by atoms with Gasteiger partial charge < -0.3 is 35.6 Å². The molecule has 0 aromatic heterocycles. The highest BCUT2D eigenvalue weighted by Gasteiger charge is 2.30. The average molecular weight is 421 g/mol. The zero-order chi connectivity index (χ0) is 22.9. The number of aliphatic carboxylic acids is 1. The lowest BCUT2D eigenvalue weighted by atomic mass is 9.92. The minimum atomic E-state index is -1.60. The fourth-order valence-electron chi connectivity index (χ4n) is 2.74. The molecule has 1 atom stereocenters. The largest absolute Gasteiger partial charge is 0.507 e. The molecule has 0 bridgehead atoms. The minimum Gasteiger partial charge on any atom is -0.507 e. The number of rotatable bonds is 7. The number of carboxylic acid groups (broad SMARTS) is 1. The zero-order valence-electron chi connectivity index (χ0n) is 16.1. The Labute approximate surface area is 169 Å². The highest BCUT2D eigenvalue weighted by molar-refractivity contribution is 6.40. The van der Waals surface area contributed by atoms with E-state index in [9.17, 15) is 39.6 Å². The van der Waals surface area contributed by atoms with Gasteiger partial charge in [0.2, 0.25) is 5.78 Å². The lowest BCUT2D eigenvalue weighted by Gasteiger charge is -2.20. The van der Waals surface area contributed by atoms with Crippen LogP contribution in [-0.4, -0.2) is 61.7 Å². The number of hydrogen-bond donors (Lipinski definition) is 6. The highest BCUT2D eigenvalue weighted by atomic mass is 16.5. The van der Waals surface area contributed by atoms with Crippen LogP contribution in [0.2, 0.25) is 0 Å². The molecule has 1 unspecified atom stereocenters. The number of amides is 1. The Kier molecular flexibility index (Phi) is 6.17. The zero-order valence-corrected chi connectivity index (χ0v) is 16.1. The van der Waals surface area contributed by atoms with Gasteiger partial charge in [0.05, 0.1) is 16.6 Å². The number of phenols is 3. The van der Waals surface area contributed by atoms with E-state index in [1.54, 1.807) is 0 Å². The number of fused-ring (bicyclic) bond motifs is 1. The molecule has 0 aliphatic carbocycles. The predicted molar refractivity (Wildman–Crippen MR) is 102 cm³/mol. The number of aliphatic hydroxyl groups excluding tert-OH is 1. The van der Waals surface area contributed by atoms with Crippen LogP contribution in [0, 0.1) is 6.92 Å². The molecule has 2 aromatic rings. The number of aliphatic hydroxyl groups is 1. The van der Waals surface area contributed by atoms with E-state index in [-0.39, 0.29) is 10.9 Å². The molecule has 160 valence electrons. The number of phenolic OH excluding ortho intramolecular Hbond substituents is 3. The van der Waals surface area contributed by atoms with Crippen molar-refractivity contribution in [1.29, 1.82) is 0 Å². The lowest BCUT2D eigenvalue weighted by molar-refractivity contribution is -0.139. The second kappa shape index (κ2) is 8.25.